The number of amides is 4. The Balaban J connectivity index is 1.49. The minimum atomic E-state index is -4.93. The lowest BCUT2D eigenvalue weighted by Crippen LogP contribution is -2.60. The van der Waals surface area contributed by atoms with Crippen molar-refractivity contribution in [1.82, 2.24) is 25.2 Å². The molecule has 3 unspecified atom stereocenters. The SMILES string of the molecule is CCOc1cc(O[C@@H]2CC(C(=O)N[C@]3(C(=O)NS(=O)(=O)OC4(C)CC4)CC3CC)N(C(=O)C(NC(=O)OC(C)(C)C(F)(F)F)C(C)(C)C)C2)c2ccc(OC)c(C)c2n1. The van der Waals surface area contributed by atoms with Gasteiger partial charge in [0.15, 0.2) is 0 Å². The minimum Gasteiger partial charge on any atom is -0.496 e. The van der Waals surface area contributed by atoms with E-state index in [9.17, 15) is 40.8 Å². The molecule has 4 amide bonds. The number of halogens is 3. The number of nitrogens with one attached hydrogen (secondary N) is 3. The Morgan fingerprint density at radius 3 is 2.25 bits per heavy atom. The Labute approximate surface area is 341 Å². The van der Waals surface area contributed by atoms with E-state index >= 15 is 0 Å². The molecule has 328 valence electrons. The van der Waals surface area contributed by atoms with Crippen LogP contribution in [0.25, 0.3) is 10.9 Å². The number of alkyl halides is 3. The number of likely N-dealkylation sites (tertiary alicyclic amines) is 1. The number of benzene rings is 1. The summed E-state index contributed by atoms with van der Waals surface area (Å²) in [6.45, 7) is 13.0. The Kier molecular flexibility index (Phi) is 12.4. The van der Waals surface area contributed by atoms with Crippen LogP contribution in [0.15, 0.2) is 18.2 Å². The Morgan fingerprint density at radius 1 is 1.05 bits per heavy atom. The number of pyridine rings is 1. The molecule has 0 radical (unpaired) electrons. The number of nitrogens with zero attached hydrogens (tertiary/aromatic N) is 2. The number of aromatic nitrogens is 1. The molecular formula is C39H54F3N5O11S. The van der Waals surface area contributed by atoms with Crippen molar-refractivity contribution in [2.24, 2.45) is 11.3 Å². The number of carbonyl (C=O) groups is 4. The first-order chi connectivity index (χ1) is 27.2. The summed E-state index contributed by atoms with van der Waals surface area (Å²) in [6, 6.07) is 2.13. The van der Waals surface area contributed by atoms with Crippen LogP contribution in [-0.2, 0) is 33.6 Å². The van der Waals surface area contributed by atoms with Crippen molar-refractivity contribution in [3.05, 3.63) is 23.8 Å². The fraction of sp³-hybridized carbons (Fsp3) is 0.667. The lowest BCUT2D eigenvalue weighted by molar-refractivity contribution is -0.244. The fourth-order valence-corrected chi connectivity index (χ4v) is 8.21. The van der Waals surface area contributed by atoms with E-state index in [1.165, 1.54) is 7.11 Å². The van der Waals surface area contributed by atoms with Crippen molar-refractivity contribution in [2.75, 3.05) is 20.3 Å². The molecule has 0 spiro atoms. The molecule has 3 N–H and O–H groups in total. The van der Waals surface area contributed by atoms with E-state index < -0.39 is 86.6 Å². The maximum atomic E-state index is 14.6. The number of rotatable bonds is 15. The van der Waals surface area contributed by atoms with Gasteiger partial charge in [-0.05, 0) is 77.3 Å². The van der Waals surface area contributed by atoms with E-state index in [0.29, 0.717) is 61.1 Å². The molecule has 5 atom stereocenters. The van der Waals surface area contributed by atoms with E-state index in [2.05, 4.69) is 15.6 Å². The van der Waals surface area contributed by atoms with Crippen molar-refractivity contribution in [3.63, 3.8) is 0 Å². The van der Waals surface area contributed by atoms with Crippen molar-refractivity contribution < 1.29 is 63.9 Å². The second kappa shape index (κ2) is 16.1. The minimum absolute atomic E-state index is 0.0908. The third-order valence-electron chi connectivity index (χ3n) is 11.0. The van der Waals surface area contributed by atoms with Crippen LogP contribution in [0.3, 0.4) is 0 Å². The third kappa shape index (κ3) is 9.90. The fourth-order valence-electron chi connectivity index (χ4n) is 7.07. The van der Waals surface area contributed by atoms with E-state index in [4.69, 9.17) is 23.1 Å². The van der Waals surface area contributed by atoms with Crippen LogP contribution in [0, 0.1) is 18.3 Å². The highest BCUT2D eigenvalue weighted by Crippen LogP contribution is 2.47. The molecule has 20 heteroatoms. The summed E-state index contributed by atoms with van der Waals surface area (Å²) < 4.78 is 96.1. The Morgan fingerprint density at radius 2 is 1.71 bits per heavy atom. The van der Waals surface area contributed by atoms with E-state index in [-0.39, 0.29) is 31.9 Å². The number of methoxy groups -OCH3 is 1. The van der Waals surface area contributed by atoms with Gasteiger partial charge in [-0.25, -0.2) is 18.7 Å². The molecule has 16 nitrogen and oxygen atoms in total. The molecule has 2 heterocycles. The zero-order chi connectivity index (χ0) is 44.1. The van der Waals surface area contributed by atoms with Gasteiger partial charge < -0.3 is 34.5 Å². The van der Waals surface area contributed by atoms with Crippen LogP contribution in [0.5, 0.6) is 17.4 Å². The van der Waals surface area contributed by atoms with Gasteiger partial charge in [0.2, 0.25) is 23.3 Å². The van der Waals surface area contributed by atoms with E-state index in [1.54, 1.807) is 59.7 Å². The number of hydrogen-bond donors (Lipinski definition) is 3. The van der Waals surface area contributed by atoms with Gasteiger partial charge in [-0.3, -0.25) is 14.4 Å². The molecule has 1 saturated heterocycles. The number of hydrogen-bond acceptors (Lipinski definition) is 12. The van der Waals surface area contributed by atoms with Crippen LogP contribution < -0.4 is 29.6 Å². The number of aryl methyl sites for hydroxylation is 1. The van der Waals surface area contributed by atoms with E-state index in [0.717, 1.165) is 4.90 Å². The summed E-state index contributed by atoms with van der Waals surface area (Å²) in [5.41, 5.74) is -5.45. The van der Waals surface area contributed by atoms with Gasteiger partial charge in [0, 0.05) is 23.4 Å². The molecule has 2 saturated carbocycles. The first-order valence-corrected chi connectivity index (χ1v) is 20.8. The van der Waals surface area contributed by atoms with Gasteiger partial charge in [-0.1, -0.05) is 34.1 Å². The highest BCUT2D eigenvalue weighted by Gasteiger charge is 2.62. The number of ether oxygens (including phenoxy) is 4. The summed E-state index contributed by atoms with van der Waals surface area (Å²) in [7, 11) is -3.03. The van der Waals surface area contributed by atoms with Gasteiger partial charge in [-0.2, -0.15) is 21.6 Å². The average molecular weight is 858 g/mol. The van der Waals surface area contributed by atoms with Crippen molar-refractivity contribution >= 4 is 45.0 Å². The Bertz CT molecular complexity index is 2090. The van der Waals surface area contributed by atoms with Gasteiger partial charge in [0.05, 0.1) is 31.4 Å². The quantitative estimate of drug-likeness (QED) is 0.217. The number of carbonyl (C=O) groups excluding carboxylic acids is 4. The van der Waals surface area contributed by atoms with Gasteiger partial charge >= 0.3 is 22.6 Å². The first kappa shape index (κ1) is 45.5. The topological polar surface area (TPSA) is 201 Å². The summed E-state index contributed by atoms with van der Waals surface area (Å²) in [5, 5.41) is 5.57. The summed E-state index contributed by atoms with van der Waals surface area (Å²) in [4.78, 5) is 61.5. The lowest BCUT2D eigenvalue weighted by atomic mass is 9.85. The maximum Gasteiger partial charge on any atom is 0.427 e. The van der Waals surface area contributed by atoms with Crippen LogP contribution in [0.1, 0.15) is 93.1 Å². The zero-order valence-corrected chi connectivity index (χ0v) is 35.7. The van der Waals surface area contributed by atoms with Crippen molar-refractivity contribution in [2.45, 2.75) is 136 Å². The highest BCUT2D eigenvalue weighted by molar-refractivity contribution is 7.85. The zero-order valence-electron chi connectivity index (χ0n) is 34.9. The Hall–Kier alpha value is -4.59. The van der Waals surface area contributed by atoms with Crippen molar-refractivity contribution in [1.29, 1.82) is 0 Å². The summed E-state index contributed by atoms with van der Waals surface area (Å²) >= 11 is 0. The molecule has 1 aliphatic heterocycles. The standard InChI is InChI=1S/C39H54F3N5O11S/c1-11-22-19-38(22,33(50)46-59(52,53)58-37(9)15-16-37)45-31(48)25-17-23(56-27-18-28(55-12-2)43-29-21(3)26(54-10)14-13-24(27)29)20-47(25)32(49)30(35(4,5)6)44-34(51)57-36(7,8)39(40,41)42/h13-14,18,22-23,25,30H,11-12,15-17,19-20H2,1-10H3,(H,44,51)(H,45,48)(H,46,50)/t22?,23-,25?,30?,38-/m1/s1. The predicted molar refractivity (Wildman–Crippen MR) is 207 cm³/mol. The third-order valence-corrected chi connectivity index (χ3v) is 12.1. The summed E-state index contributed by atoms with van der Waals surface area (Å²) in [6.07, 6.45) is -6.07. The summed E-state index contributed by atoms with van der Waals surface area (Å²) in [5.74, 6) is -2.07. The molecule has 3 fully saturated rings. The molecule has 59 heavy (non-hydrogen) atoms. The van der Waals surface area contributed by atoms with Crippen LogP contribution in [0.4, 0.5) is 18.0 Å². The normalized spacial score (nSPS) is 23.2. The predicted octanol–water partition coefficient (Wildman–Crippen LogP) is 5.00. The molecule has 0 bridgehead atoms. The molecule has 1 aromatic carbocycles. The van der Waals surface area contributed by atoms with Crippen LogP contribution >= 0.6 is 0 Å². The molecule has 1 aromatic heterocycles. The van der Waals surface area contributed by atoms with Gasteiger partial charge in [0.1, 0.15) is 35.2 Å². The molecule has 3 aliphatic rings. The lowest BCUT2D eigenvalue weighted by Gasteiger charge is -2.36. The van der Waals surface area contributed by atoms with Crippen LogP contribution in [0.2, 0.25) is 0 Å². The van der Waals surface area contributed by atoms with Gasteiger partial charge in [-0.15, -0.1) is 0 Å². The second-order valence-electron chi connectivity index (χ2n) is 17.2. The highest BCUT2D eigenvalue weighted by atomic mass is 32.2. The molecule has 5 rings (SSSR count). The first-order valence-electron chi connectivity index (χ1n) is 19.4. The average Bonchev–Trinajstić information content (AvgIpc) is 3.98. The number of fused-ring (bicyclic) bond motifs is 1. The second-order valence-corrected chi connectivity index (χ2v) is 18.5. The monoisotopic (exact) mass is 857 g/mol. The van der Waals surface area contributed by atoms with E-state index in [1.807, 2.05) is 11.6 Å². The number of alkyl carbamates (subject to hydrolysis) is 1. The van der Waals surface area contributed by atoms with Gasteiger partial charge in [0.25, 0.3) is 5.91 Å². The van der Waals surface area contributed by atoms with Crippen molar-refractivity contribution in [3.8, 4) is 17.4 Å². The largest absolute Gasteiger partial charge is 0.496 e. The molecular weight excluding hydrogens is 804 g/mol. The molecule has 2 aliphatic carbocycles. The molecule has 2 aromatic rings. The maximum absolute atomic E-state index is 14.6. The van der Waals surface area contributed by atoms with Crippen LogP contribution in [-0.4, -0.2) is 103 Å². The smallest absolute Gasteiger partial charge is 0.427 e.